The zero-order valence-corrected chi connectivity index (χ0v) is 15.5. The third-order valence-corrected chi connectivity index (χ3v) is 3.82. The van der Waals surface area contributed by atoms with Gasteiger partial charge in [-0.05, 0) is 43.2 Å². The Morgan fingerprint density at radius 2 is 1.75 bits per heavy atom. The molecule has 28 heavy (non-hydrogen) atoms. The molecule has 0 saturated heterocycles. The molecule has 0 bridgehead atoms. The van der Waals surface area contributed by atoms with Gasteiger partial charge < -0.3 is 19.5 Å². The molecule has 2 aromatic rings. The third kappa shape index (κ3) is 6.53. The number of rotatable bonds is 9. The first-order valence-electron chi connectivity index (χ1n) is 8.56. The van der Waals surface area contributed by atoms with Gasteiger partial charge in [-0.2, -0.15) is 8.78 Å². The maximum absolute atomic E-state index is 12.4. The SMILES string of the molecule is COc1ccc(CCC(=O)O[C@@H](C)C(=O)Nc2ccccc2OC(F)F)cc1. The smallest absolute Gasteiger partial charge is 0.387 e. The normalized spacial score (nSPS) is 11.6. The van der Waals surface area contributed by atoms with E-state index in [1.165, 1.54) is 25.1 Å². The van der Waals surface area contributed by atoms with Gasteiger partial charge in [-0.1, -0.05) is 24.3 Å². The molecule has 1 N–H and O–H groups in total. The number of aryl methyl sites for hydroxylation is 1. The van der Waals surface area contributed by atoms with Crippen LogP contribution in [0.1, 0.15) is 18.9 Å². The number of alkyl halides is 2. The van der Waals surface area contributed by atoms with Crippen molar-refractivity contribution in [3.63, 3.8) is 0 Å². The van der Waals surface area contributed by atoms with E-state index in [0.717, 1.165) is 5.56 Å². The summed E-state index contributed by atoms with van der Waals surface area (Å²) in [5.74, 6) is -0.657. The Morgan fingerprint density at radius 1 is 1.07 bits per heavy atom. The Hall–Kier alpha value is -3.16. The number of methoxy groups -OCH3 is 1. The number of ether oxygens (including phenoxy) is 3. The minimum atomic E-state index is -3.02. The van der Waals surface area contributed by atoms with E-state index in [0.29, 0.717) is 12.2 Å². The van der Waals surface area contributed by atoms with E-state index in [-0.39, 0.29) is 17.9 Å². The molecule has 8 heteroatoms. The first kappa shape index (κ1) is 21.1. The van der Waals surface area contributed by atoms with Crippen LogP contribution in [0.4, 0.5) is 14.5 Å². The van der Waals surface area contributed by atoms with Crippen molar-refractivity contribution in [1.82, 2.24) is 0 Å². The van der Waals surface area contributed by atoms with Crippen molar-refractivity contribution < 1.29 is 32.6 Å². The summed E-state index contributed by atoms with van der Waals surface area (Å²) in [7, 11) is 1.57. The number of hydrogen-bond acceptors (Lipinski definition) is 5. The lowest BCUT2D eigenvalue weighted by Crippen LogP contribution is -2.30. The summed E-state index contributed by atoms with van der Waals surface area (Å²) in [6.45, 7) is -1.62. The van der Waals surface area contributed by atoms with Crippen LogP contribution in [0.5, 0.6) is 11.5 Å². The van der Waals surface area contributed by atoms with Gasteiger partial charge in [-0.3, -0.25) is 9.59 Å². The van der Waals surface area contributed by atoms with Crippen LogP contribution in [0.2, 0.25) is 0 Å². The quantitative estimate of drug-likeness (QED) is 0.656. The van der Waals surface area contributed by atoms with Crippen molar-refractivity contribution in [2.24, 2.45) is 0 Å². The minimum absolute atomic E-state index is 0.0638. The fraction of sp³-hybridized carbons (Fsp3) is 0.300. The lowest BCUT2D eigenvalue weighted by molar-refractivity contribution is -0.153. The summed E-state index contributed by atoms with van der Waals surface area (Å²) in [5, 5.41) is 2.42. The van der Waals surface area contributed by atoms with Gasteiger partial charge in [0.15, 0.2) is 6.10 Å². The molecular formula is C20H21F2NO5. The van der Waals surface area contributed by atoms with Crippen LogP contribution in [0.25, 0.3) is 0 Å². The van der Waals surface area contributed by atoms with E-state index in [1.807, 2.05) is 12.1 Å². The molecule has 0 radical (unpaired) electrons. The van der Waals surface area contributed by atoms with E-state index in [1.54, 1.807) is 25.3 Å². The molecular weight excluding hydrogens is 372 g/mol. The summed E-state index contributed by atoms with van der Waals surface area (Å²) in [6.07, 6.45) is -0.556. The van der Waals surface area contributed by atoms with Crippen LogP contribution >= 0.6 is 0 Å². The second kappa shape index (κ2) is 10.2. The van der Waals surface area contributed by atoms with Gasteiger partial charge in [0.2, 0.25) is 0 Å². The first-order chi connectivity index (χ1) is 13.4. The highest BCUT2D eigenvalue weighted by Crippen LogP contribution is 2.25. The molecule has 2 rings (SSSR count). The number of esters is 1. The molecule has 0 fully saturated rings. The number of anilines is 1. The lowest BCUT2D eigenvalue weighted by atomic mass is 10.1. The predicted octanol–water partition coefficient (Wildman–Crippen LogP) is 3.80. The van der Waals surface area contributed by atoms with Crippen LogP contribution in [-0.2, 0) is 20.7 Å². The van der Waals surface area contributed by atoms with Gasteiger partial charge in [-0.25, -0.2) is 0 Å². The topological polar surface area (TPSA) is 73.9 Å². The van der Waals surface area contributed by atoms with Crippen LogP contribution in [0, 0.1) is 0 Å². The van der Waals surface area contributed by atoms with Gasteiger partial charge >= 0.3 is 12.6 Å². The lowest BCUT2D eigenvalue weighted by Gasteiger charge is -2.15. The molecule has 0 aliphatic rings. The molecule has 0 aliphatic heterocycles. The Bertz CT molecular complexity index is 795. The number of halogens is 2. The molecule has 1 atom stereocenters. The summed E-state index contributed by atoms with van der Waals surface area (Å²) in [5.41, 5.74) is 0.988. The molecule has 0 heterocycles. The molecule has 6 nitrogen and oxygen atoms in total. The summed E-state index contributed by atoms with van der Waals surface area (Å²) < 4.78 is 39.4. The second-order valence-corrected chi connectivity index (χ2v) is 5.84. The molecule has 0 aliphatic carbocycles. The first-order valence-corrected chi connectivity index (χ1v) is 8.56. The average Bonchev–Trinajstić information content (AvgIpc) is 2.67. The number of para-hydroxylation sites is 2. The fourth-order valence-corrected chi connectivity index (χ4v) is 2.35. The van der Waals surface area contributed by atoms with E-state index in [4.69, 9.17) is 9.47 Å². The molecule has 0 spiro atoms. The maximum Gasteiger partial charge on any atom is 0.387 e. The second-order valence-electron chi connectivity index (χ2n) is 5.84. The van der Waals surface area contributed by atoms with Crippen molar-refractivity contribution in [3.05, 3.63) is 54.1 Å². The number of amides is 1. The molecule has 0 saturated carbocycles. The summed E-state index contributed by atoms with van der Waals surface area (Å²) in [4.78, 5) is 24.2. The highest BCUT2D eigenvalue weighted by atomic mass is 19.3. The van der Waals surface area contributed by atoms with Gasteiger partial charge in [0.1, 0.15) is 11.5 Å². The van der Waals surface area contributed by atoms with E-state index in [9.17, 15) is 18.4 Å². The summed E-state index contributed by atoms with van der Waals surface area (Å²) in [6, 6.07) is 13.0. The minimum Gasteiger partial charge on any atom is -0.497 e. The Balaban J connectivity index is 1.85. The van der Waals surface area contributed by atoms with Gasteiger partial charge in [0, 0.05) is 6.42 Å². The molecule has 150 valence electrons. The predicted molar refractivity (Wildman–Crippen MR) is 98.6 cm³/mol. The van der Waals surface area contributed by atoms with Crippen LogP contribution in [0.15, 0.2) is 48.5 Å². The van der Waals surface area contributed by atoms with Gasteiger partial charge in [0.25, 0.3) is 5.91 Å². The molecule has 0 aromatic heterocycles. The zero-order valence-electron chi connectivity index (χ0n) is 15.5. The van der Waals surface area contributed by atoms with Crippen LogP contribution in [-0.4, -0.2) is 31.7 Å². The number of carbonyl (C=O) groups excluding carboxylic acids is 2. The summed E-state index contributed by atoms with van der Waals surface area (Å²) >= 11 is 0. The van der Waals surface area contributed by atoms with Crippen molar-refractivity contribution in [3.8, 4) is 11.5 Å². The molecule has 2 aromatic carbocycles. The highest BCUT2D eigenvalue weighted by Gasteiger charge is 2.20. The van der Waals surface area contributed by atoms with E-state index in [2.05, 4.69) is 10.1 Å². The number of nitrogens with one attached hydrogen (secondary N) is 1. The van der Waals surface area contributed by atoms with Crippen LogP contribution in [0.3, 0.4) is 0 Å². The Labute approximate surface area is 161 Å². The van der Waals surface area contributed by atoms with Crippen LogP contribution < -0.4 is 14.8 Å². The Kier molecular flexibility index (Phi) is 7.74. The van der Waals surface area contributed by atoms with Crippen molar-refractivity contribution in [1.29, 1.82) is 0 Å². The van der Waals surface area contributed by atoms with Crippen molar-refractivity contribution >= 4 is 17.6 Å². The molecule has 1 amide bonds. The highest BCUT2D eigenvalue weighted by molar-refractivity contribution is 5.96. The number of hydrogen-bond donors (Lipinski definition) is 1. The standard InChI is InChI=1S/C20H21F2NO5/c1-13(19(25)23-16-5-3-4-6-17(16)28-20(21)22)27-18(24)12-9-14-7-10-15(26-2)11-8-14/h3-8,10-11,13,20H,9,12H2,1-2H3,(H,23,25)/t13-/m0/s1. The van der Waals surface area contributed by atoms with Gasteiger partial charge in [-0.15, -0.1) is 0 Å². The fourth-order valence-electron chi connectivity index (χ4n) is 2.35. The Morgan fingerprint density at radius 3 is 2.39 bits per heavy atom. The monoisotopic (exact) mass is 393 g/mol. The van der Waals surface area contributed by atoms with Crippen molar-refractivity contribution in [2.75, 3.05) is 12.4 Å². The number of carbonyl (C=O) groups is 2. The third-order valence-electron chi connectivity index (χ3n) is 3.82. The largest absolute Gasteiger partial charge is 0.497 e. The van der Waals surface area contributed by atoms with E-state index >= 15 is 0 Å². The van der Waals surface area contributed by atoms with E-state index < -0.39 is 24.6 Å². The average molecular weight is 393 g/mol. The van der Waals surface area contributed by atoms with Gasteiger partial charge in [0.05, 0.1) is 12.8 Å². The maximum atomic E-state index is 12.4. The van der Waals surface area contributed by atoms with Crippen molar-refractivity contribution in [2.45, 2.75) is 32.5 Å². The number of benzene rings is 2. The zero-order chi connectivity index (χ0) is 20.5. The molecule has 0 unspecified atom stereocenters.